The van der Waals surface area contributed by atoms with Gasteiger partial charge in [-0.25, -0.2) is 22.6 Å². The van der Waals surface area contributed by atoms with Crippen molar-refractivity contribution in [2.24, 2.45) is 0 Å². The Kier molecular flexibility index (Phi) is 4.97. The van der Waals surface area contributed by atoms with Gasteiger partial charge in [0, 0.05) is 22.5 Å². The molecule has 0 atom stereocenters. The maximum absolute atomic E-state index is 13.0. The number of aryl methyl sites for hydroxylation is 3. The molecule has 28 heavy (non-hydrogen) atoms. The first-order valence-corrected chi connectivity index (χ1v) is 10.5. The van der Waals surface area contributed by atoms with Gasteiger partial charge < -0.3 is 4.74 Å². The lowest BCUT2D eigenvalue weighted by Crippen LogP contribution is -2.40. The summed E-state index contributed by atoms with van der Waals surface area (Å²) in [4.78, 5) is 4.72. The molecule has 8 heteroatoms. The molecule has 0 bridgehead atoms. The molecule has 3 aromatic rings. The van der Waals surface area contributed by atoms with Crippen LogP contribution in [0.1, 0.15) is 37.9 Å². The number of hydrogen-bond acceptors (Lipinski definition) is 5. The van der Waals surface area contributed by atoms with Gasteiger partial charge in [0.1, 0.15) is 10.6 Å². The van der Waals surface area contributed by atoms with Gasteiger partial charge in [0.05, 0.1) is 12.8 Å². The topological polar surface area (TPSA) is 85.6 Å². The van der Waals surface area contributed by atoms with E-state index in [4.69, 9.17) is 4.74 Å². The Labute approximate surface area is 165 Å². The summed E-state index contributed by atoms with van der Waals surface area (Å²) in [6.07, 6.45) is 0. The van der Waals surface area contributed by atoms with E-state index in [1.807, 2.05) is 32.9 Å². The predicted molar refractivity (Wildman–Crippen MR) is 109 cm³/mol. The van der Waals surface area contributed by atoms with Crippen LogP contribution in [0, 0.1) is 20.8 Å². The third-order valence-corrected chi connectivity index (χ3v) is 6.03. The van der Waals surface area contributed by atoms with Crippen LogP contribution in [0.3, 0.4) is 0 Å². The molecule has 7 nitrogen and oxygen atoms in total. The summed E-state index contributed by atoms with van der Waals surface area (Å²) >= 11 is 0. The molecular formula is C20H26N4O3S. The molecule has 0 amide bonds. The molecule has 0 unspecified atom stereocenters. The number of aromatic nitrogens is 3. The van der Waals surface area contributed by atoms with Crippen molar-refractivity contribution in [2.75, 3.05) is 7.11 Å². The highest BCUT2D eigenvalue weighted by Crippen LogP contribution is 2.34. The highest BCUT2D eigenvalue weighted by Gasteiger charge is 2.26. The van der Waals surface area contributed by atoms with Gasteiger partial charge in [0.2, 0.25) is 10.0 Å². The van der Waals surface area contributed by atoms with Crippen molar-refractivity contribution in [3.63, 3.8) is 0 Å². The fraction of sp³-hybridized carbons (Fsp3) is 0.400. The Balaban J connectivity index is 2.26. The van der Waals surface area contributed by atoms with Crippen LogP contribution >= 0.6 is 0 Å². The van der Waals surface area contributed by atoms with E-state index in [1.165, 1.54) is 7.11 Å². The summed E-state index contributed by atoms with van der Waals surface area (Å²) in [6.45, 7) is 11.2. The summed E-state index contributed by atoms with van der Waals surface area (Å²) in [5.74, 6) is 0.287. The van der Waals surface area contributed by atoms with E-state index < -0.39 is 15.6 Å². The second-order valence-corrected chi connectivity index (χ2v) is 9.61. The highest BCUT2D eigenvalue weighted by molar-refractivity contribution is 7.89. The number of hydrogen-bond donors (Lipinski definition) is 1. The van der Waals surface area contributed by atoms with Gasteiger partial charge in [-0.3, -0.25) is 0 Å². The molecule has 0 saturated carbocycles. The van der Waals surface area contributed by atoms with Crippen LogP contribution in [-0.2, 0) is 10.0 Å². The summed E-state index contributed by atoms with van der Waals surface area (Å²) in [5.41, 5.74) is 4.23. The Morgan fingerprint density at radius 2 is 1.79 bits per heavy atom. The van der Waals surface area contributed by atoms with E-state index >= 15 is 0 Å². The molecule has 150 valence electrons. The van der Waals surface area contributed by atoms with Crippen LogP contribution in [0.15, 0.2) is 29.2 Å². The van der Waals surface area contributed by atoms with Crippen LogP contribution in [-0.4, -0.2) is 35.7 Å². The van der Waals surface area contributed by atoms with Gasteiger partial charge >= 0.3 is 0 Å². The minimum absolute atomic E-state index is 0.0885. The molecule has 1 aromatic carbocycles. The molecule has 2 heterocycles. The molecule has 0 radical (unpaired) electrons. The minimum atomic E-state index is -3.78. The van der Waals surface area contributed by atoms with E-state index in [-0.39, 0.29) is 10.6 Å². The van der Waals surface area contributed by atoms with E-state index in [2.05, 4.69) is 14.8 Å². The SMILES string of the molecule is COc1ccc(-c2c(C)nn3c(C)cc(C)nc23)cc1S(=O)(=O)NC(C)(C)C. The van der Waals surface area contributed by atoms with Crippen molar-refractivity contribution in [1.29, 1.82) is 0 Å². The largest absolute Gasteiger partial charge is 0.495 e. The minimum Gasteiger partial charge on any atom is -0.495 e. The fourth-order valence-electron chi connectivity index (χ4n) is 3.27. The first-order valence-electron chi connectivity index (χ1n) is 8.99. The van der Waals surface area contributed by atoms with E-state index in [1.54, 1.807) is 37.4 Å². The van der Waals surface area contributed by atoms with Crippen LogP contribution in [0.4, 0.5) is 0 Å². The zero-order valence-electron chi connectivity index (χ0n) is 17.3. The van der Waals surface area contributed by atoms with Gasteiger partial charge in [-0.1, -0.05) is 6.07 Å². The number of ether oxygens (including phenoxy) is 1. The van der Waals surface area contributed by atoms with Crippen molar-refractivity contribution in [3.8, 4) is 16.9 Å². The van der Waals surface area contributed by atoms with Gasteiger partial charge in [0.25, 0.3) is 0 Å². The monoisotopic (exact) mass is 402 g/mol. The predicted octanol–water partition coefficient (Wildman–Crippen LogP) is 3.41. The molecule has 2 aromatic heterocycles. The quantitative estimate of drug-likeness (QED) is 0.723. The van der Waals surface area contributed by atoms with Crippen molar-refractivity contribution >= 4 is 15.7 Å². The summed E-state index contributed by atoms with van der Waals surface area (Å²) < 4.78 is 35.7. The smallest absolute Gasteiger partial charge is 0.244 e. The van der Waals surface area contributed by atoms with Crippen LogP contribution < -0.4 is 9.46 Å². The average Bonchev–Trinajstić information content (AvgIpc) is 2.88. The first-order chi connectivity index (χ1) is 12.9. The normalized spacial score (nSPS) is 12.5. The maximum atomic E-state index is 13.0. The number of rotatable bonds is 4. The Morgan fingerprint density at radius 3 is 2.39 bits per heavy atom. The number of nitrogens with one attached hydrogen (secondary N) is 1. The summed E-state index contributed by atoms with van der Waals surface area (Å²) in [7, 11) is -2.32. The second-order valence-electron chi connectivity index (χ2n) is 7.96. The van der Waals surface area contributed by atoms with E-state index in [0.29, 0.717) is 5.65 Å². The molecule has 0 aliphatic rings. The standard InChI is InChI=1S/C20H26N4O3S/c1-12-10-13(2)24-19(21-12)18(14(3)22-24)15-8-9-16(27-7)17(11-15)28(25,26)23-20(4,5)6/h8-11,23H,1-7H3. The molecule has 0 fully saturated rings. The van der Waals surface area contributed by atoms with Crippen LogP contribution in [0.2, 0.25) is 0 Å². The maximum Gasteiger partial charge on any atom is 0.244 e. The van der Waals surface area contributed by atoms with Crippen molar-refractivity contribution in [2.45, 2.75) is 52.0 Å². The molecule has 3 rings (SSSR count). The van der Waals surface area contributed by atoms with Gasteiger partial charge in [-0.2, -0.15) is 5.10 Å². The Hall–Kier alpha value is -2.45. The molecule has 0 aliphatic carbocycles. The van der Waals surface area contributed by atoms with Crippen molar-refractivity contribution in [1.82, 2.24) is 19.3 Å². The van der Waals surface area contributed by atoms with Gasteiger partial charge in [-0.05, 0) is 65.3 Å². The lowest BCUT2D eigenvalue weighted by Gasteiger charge is -2.21. The van der Waals surface area contributed by atoms with Crippen LogP contribution in [0.5, 0.6) is 5.75 Å². The van der Waals surface area contributed by atoms with Crippen molar-refractivity contribution in [3.05, 3.63) is 41.3 Å². The molecular weight excluding hydrogens is 376 g/mol. The Bertz CT molecular complexity index is 1160. The number of benzene rings is 1. The van der Waals surface area contributed by atoms with Crippen molar-refractivity contribution < 1.29 is 13.2 Å². The summed E-state index contributed by atoms with van der Waals surface area (Å²) in [6, 6.07) is 7.08. The third-order valence-electron chi connectivity index (χ3n) is 4.25. The highest BCUT2D eigenvalue weighted by atomic mass is 32.2. The number of nitrogens with zero attached hydrogens (tertiary/aromatic N) is 3. The average molecular weight is 403 g/mol. The number of sulfonamides is 1. The number of fused-ring (bicyclic) bond motifs is 1. The summed E-state index contributed by atoms with van der Waals surface area (Å²) in [5, 5.41) is 4.58. The lowest BCUT2D eigenvalue weighted by atomic mass is 10.1. The van der Waals surface area contributed by atoms with Gasteiger partial charge in [0.15, 0.2) is 5.65 Å². The molecule has 0 spiro atoms. The zero-order valence-corrected chi connectivity index (χ0v) is 18.1. The second kappa shape index (κ2) is 6.86. The van der Waals surface area contributed by atoms with Crippen LogP contribution in [0.25, 0.3) is 16.8 Å². The number of methoxy groups -OCH3 is 1. The fourth-order valence-corrected chi connectivity index (χ4v) is 4.88. The molecule has 0 aliphatic heterocycles. The first kappa shape index (κ1) is 20.3. The lowest BCUT2D eigenvalue weighted by molar-refractivity contribution is 0.401. The third kappa shape index (κ3) is 3.74. The van der Waals surface area contributed by atoms with E-state index in [0.717, 1.165) is 28.2 Å². The zero-order chi connectivity index (χ0) is 20.9. The van der Waals surface area contributed by atoms with E-state index in [9.17, 15) is 8.42 Å². The molecule has 1 N–H and O–H groups in total. The molecule has 0 saturated heterocycles. The van der Waals surface area contributed by atoms with Gasteiger partial charge in [-0.15, -0.1) is 0 Å². The Morgan fingerprint density at radius 1 is 1.11 bits per heavy atom.